The number of hydrogen-bond acceptors (Lipinski definition) is 8. The highest BCUT2D eigenvalue weighted by atomic mass is 16.5. The fraction of sp³-hybridized carbons (Fsp3) is 0.364. The number of hydrogen-bond donors (Lipinski definition) is 1. The van der Waals surface area contributed by atoms with Gasteiger partial charge in [0.05, 0.1) is 23.7 Å². The molecule has 1 fully saturated rings. The van der Waals surface area contributed by atoms with E-state index in [1.165, 1.54) is 0 Å². The molecule has 0 amide bonds. The van der Waals surface area contributed by atoms with Crippen LogP contribution in [0.5, 0.6) is 5.88 Å². The molecule has 0 aliphatic carbocycles. The molecular weight excluding hydrogens is 382 g/mol. The summed E-state index contributed by atoms with van der Waals surface area (Å²) < 4.78 is 16.6. The summed E-state index contributed by atoms with van der Waals surface area (Å²) in [5.41, 5.74) is 4.86. The average molecular weight is 407 g/mol. The second-order valence-electron chi connectivity index (χ2n) is 7.29. The van der Waals surface area contributed by atoms with Gasteiger partial charge in [-0.25, -0.2) is 9.97 Å². The van der Waals surface area contributed by atoms with Crippen LogP contribution in [0, 0.1) is 13.8 Å². The molecule has 0 saturated carbocycles. The molecule has 0 bridgehead atoms. The summed E-state index contributed by atoms with van der Waals surface area (Å²) in [7, 11) is 0. The van der Waals surface area contributed by atoms with Gasteiger partial charge in [0.25, 0.3) is 0 Å². The number of aryl methyl sites for hydroxylation is 2. The molecule has 3 aromatic rings. The monoisotopic (exact) mass is 407 g/mol. The van der Waals surface area contributed by atoms with Crippen molar-refractivity contribution in [2.24, 2.45) is 0 Å². The molecule has 0 radical (unpaired) electrons. The molecule has 0 spiro atoms. The quantitative estimate of drug-likeness (QED) is 0.636. The molecule has 1 N–H and O–H groups in total. The minimum absolute atomic E-state index is 0.272. The Labute approximate surface area is 175 Å². The van der Waals surface area contributed by atoms with Crippen LogP contribution < -0.4 is 10.1 Å². The van der Waals surface area contributed by atoms with Gasteiger partial charge in [-0.2, -0.15) is 0 Å². The Morgan fingerprint density at radius 3 is 2.67 bits per heavy atom. The van der Waals surface area contributed by atoms with E-state index in [0.29, 0.717) is 23.4 Å². The van der Waals surface area contributed by atoms with Gasteiger partial charge in [-0.1, -0.05) is 11.7 Å². The second-order valence-corrected chi connectivity index (χ2v) is 7.29. The average Bonchev–Trinajstić information content (AvgIpc) is 3.14. The lowest BCUT2D eigenvalue weighted by molar-refractivity contribution is 0.0818. The van der Waals surface area contributed by atoms with E-state index < -0.39 is 0 Å². The van der Waals surface area contributed by atoms with Crippen LogP contribution in [-0.2, 0) is 11.3 Å². The highest BCUT2D eigenvalue weighted by Crippen LogP contribution is 2.26. The van der Waals surface area contributed by atoms with E-state index in [4.69, 9.17) is 14.0 Å². The summed E-state index contributed by atoms with van der Waals surface area (Å²) >= 11 is 0. The lowest BCUT2D eigenvalue weighted by atomic mass is 10.1. The summed E-state index contributed by atoms with van der Waals surface area (Å²) in [5.74, 6) is 1.12. The Kier molecular flexibility index (Phi) is 6.04. The van der Waals surface area contributed by atoms with Gasteiger partial charge in [-0.3, -0.25) is 4.98 Å². The van der Waals surface area contributed by atoms with Crippen LogP contribution in [0.1, 0.15) is 35.6 Å². The van der Waals surface area contributed by atoms with Gasteiger partial charge in [-0.15, -0.1) is 0 Å². The Morgan fingerprint density at radius 2 is 1.97 bits per heavy atom. The second kappa shape index (κ2) is 9.04. The number of nitrogens with zero attached hydrogens (tertiary/aromatic N) is 4. The van der Waals surface area contributed by atoms with Crippen molar-refractivity contribution in [3.63, 3.8) is 0 Å². The van der Waals surface area contributed by atoms with Gasteiger partial charge in [-0.05, 0) is 38.8 Å². The lowest BCUT2D eigenvalue weighted by Gasteiger charge is -2.24. The SMILES string of the molecule is C=C(NC1CCOCC1)c1cnc(OCc2c(-c3ccc(C)nc3)noc2C)cn1. The van der Waals surface area contributed by atoms with E-state index in [9.17, 15) is 0 Å². The van der Waals surface area contributed by atoms with Gasteiger partial charge < -0.3 is 19.3 Å². The van der Waals surface area contributed by atoms with Crippen LogP contribution in [0.2, 0.25) is 0 Å². The van der Waals surface area contributed by atoms with Crippen molar-refractivity contribution in [2.45, 2.75) is 39.3 Å². The molecule has 0 atom stereocenters. The van der Waals surface area contributed by atoms with Crippen molar-refractivity contribution in [1.29, 1.82) is 0 Å². The topological polar surface area (TPSA) is 95.2 Å². The largest absolute Gasteiger partial charge is 0.471 e. The fourth-order valence-corrected chi connectivity index (χ4v) is 3.25. The standard InChI is InChI=1S/C22H25N5O3/c1-14-4-5-17(10-23-14)22-19(16(3)30-27-22)13-29-21-12-24-20(11-25-21)15(2)26-18-6-8-28-9-7-18/h4-5,10-12,18,26H,2,6-9,13H2,1,3H3. The normalized spacial score (nSPS) is 14.5. The first-order valence-corrected chi connectivity index (χ1v) is 9.96. The van der Waals surface area contributed by atoms with E-state index in [2.05, 4.69) is 32.0 Å². The third-order valence-electron chi connectivity index (χ3n) is 5.07. The summed E-state index contributed by atoms with van der Waals surface area (Å²) in [4.78, 5) is 13.1. The maximum atomic E-state index is 5.84. The lowest BCUT2D eigenvalue weighted by Crippen LogP contribution is -2.33. The van der Waals surface area contributed by atoms with Crippen molar-refractivity contribution < 1.29 is 14.0 Å². The smallest absolute Gasteiger partial charge is 0.232 e. The van der Waals surface area contributed by atoms with Crippen LogP contribution in [0.25, 0.3) is 17.0 Å². The third kappa shape index (κ3) is 4.65. The first kappa shape index (κ1) is 20.0. The van der Waals surface area contributed by atoms with E-state index in [1.54, 1.807) is 18.6 Å². The van der Waals surface area contributed by atoms with Gasteiger partial charge in [0, 0.05) is 36.7 Å². The highest BCUT2D eigenvalue weighted by Gasteiger charge is 2.17. The Bertz CT molecular complexity index is 993. The minimum Gasteiger partial charge on any atom is -0.471 e. The maximum Gasteiger partial charge on any atom is 0.232 e. The van der Waals surface area contributed by atoms with Crippen LogP contribution in [-0.4, -0.2) is 39.4 Å². The molecule has 3 aromatic heterocycles. The van der Waals surface area contributed by atoms with Gasteiger partial charge in [0.2, 0.25) is 5.88 Å². The van der Waals surface area contributed by atoms with Gasteiger partial charge in [0.15, 0.2) is 0 Å². The van der Waals surface area contributed by atoms with Gasteiger partial charge in [0.1, 0.15) is 23.8 Å². The number of pyridine rings is 1. The summed E-state index contributed by atoms with van der Waals surface area (Å²) in [6, 6.07) is 4.26. The van der Waals surface area contributed by atoms with Crippen LogP contribution in [0.15, 0.2) is 41.8 Å². The Hall–Kier alpha value is -3.26. The Morgan fingerprint density at radius 1 is 1.13 bits per heavy atom. The van der Waals surface area contributed by atoms with Crippen molar-refractivity contribution in [3.05, 3.63) is 60.0 Å². The molecule has 4 rings (SSSR count). The van der Waals surface area contributed by atoms with Crippen molar-refractivity contribution >= 4 is 5.70 Å². The van der Waals surface area contributed by atoms with Crippen molar-refractivity contribution in [2.75, 3.05) is 13.2 Å². The zero-order chi connectivity index (χ0) is 20.9. The number of aromatic nitrogens is 4. The number of rotatable bonds is 7. The molecule has 8 heteroatoms. The number of nitrogens with one attached hydrogen (secondary N) is 1. The first-order valence-electron chi connectivity index (χ1n) is 9.96. The molecule has 8 nitrogen and oxygen atoms in total. The minimum atomic E-state index is 0.272. The molecular formula is C22H25N5O3. The van der Waals surface area contributed by atoms with E-state index >= 15 is 0 Å². The third-order valence-corrected chi connectivity index (χ3v) is 5.07. The predicted molar refractivity (Wildman–Crippen MR) is 112 cm³/mol. The van der Waals surface area contributed by atoms with Crippen molar-refractivity contribution in [1.82, 2.24) is 25.4 Å². The molecule has 1 aliphatic heterocycles. The van der Waals surface area contributed by atoms with Crippen LogP contribution in [0.4, 0.5) is 0 Å². The zero-order valence-electron chi connectivity index (χ0n) is 17.2. The summed E-state index contributed by atoms with van der Waals surface area (Å²) in [5, 5.41) is 7.56. The zero-order valence-corrected chi connectivity index (χ0v) is 17.2. The van der Waals surface area contributed by atoms with Crippen molar-refractivity contribution in [3.8, 4) is 17.1 Å². The number of ether oxygens (including phenoxy) is 2. The molecule has 30 heavy (non-hydrogen) atoms. The first-order chi connectivity index (χ1) is 14.6. The summed E-state index contributed by atoms with van der Waals surface area (Å²) in [6.45, 7) is 9.69. The van der Waals surface area contributed by atoms with Crippen LogP contribution in [0.3, 0.4) is 0 Å². The van der Waals surface area contributed by atoms with E-state index in [0.717, 1.165) is 54.3 Å². The molecule has 156 valence electrons. The Balaban J connectivity index is 1.39. The molecule has 1 saturated heterocycles. The summed E-state index contributed by atoms with van der Waals surface area (Å²) in [6.07, 6.45) is 6.97. The molecule has 4 heterocycles. The predicted octanol–water partition coefficient (Wildman–Crippen LogP) is 3.46. The van der Waals surface area contributed by atoms with E-state index in [1.807, 2.05) is 26.0 Å². The van der Waals surface area contributed by atoms with Crippen LogP contribution >= 0.6 is 0 Å². The molecule has 0 unspecified atom stereocenters. The highest BCUT2D eigenvalue weighted by molar-refractivity contribution is 5.62. The molecule has 1 aliphatic rings. The van der Waals surface area contributed by atoms with Gasteiger partial charge >= 0.3 is 0 Å². The fourth-order valence-electron chi connectivity index (χ4n) is 3.25. The molecule has 0 aromatic carbocycles. The van der Waals surface area contributed by atoms with E-state index in [-0.39, 0.29) is 6.61 Å². The maximum absolute atomic E-state index is 5.84.